The van der Waals surface area contributed by atoms with Crippen molar-refractivity contribution in [2.24, 2.45) is 0 Å². The summed E-state index contributed by atoms with van der Waals surface area (Å²) in [5.41, 5.74) is 1.76. The van der Waals surface area contributed by atoms with Crippen molar-refractivity contribution >= 4 is 23.3 Å². The van der Waals surface area contributed by atoms with Gasteiger partial charge in [0.15, 0.2) is 5.79 Å². The molecule has 2 aliphatic rings. The zero-order chi connectivity index (χ0) is 21.7. The van der Waals surface area contributed by atoms with E-state index in [1.165, 1.54) is 0 Å². The first-order valence-corrected chi connectivity index (χ1v) is 10.9. The number of nitrogens with one attached hydrogen (secondary N) is 1. The molecule has 4 rings (SSSR count). The average molecular weight is 446 g/mol. The Labute approximate surface area is 187 Å². The minimum absolute atomic E-state index is 0.179. The summed E-state index contributed by atoms with van der Waals surface area (Å²) >= 11 is 6.37. The van der Waals surface area contributed by atoms with Crippen LogP contribution in [0.15, 0.2) is 48.5 Å². The predicted octanol–water partition coefficient (Wildman–Crippen LogP) is 3.83. The number of urea groups is 1. The van der Waals surface area contributed by atoms with Crippen LogP contribution in [0.5, 0.6) is 5.75 Å². The van der Waals surface area contributed by atoms with Crippen LogP contribution in [0.4, 0.5) is 10.5 Å². The summed E-state index contributed by atoms with van der Waals surface area (Å²) in [6.45, 7) is 4.04. The largest absolute Gasteiger partial charge is 0.497 e. The molecule has 7 nitrogen and oxygen atoms in total. The second-order valence-electron chi connectivity index (χ2n) is 7.85. The molecule has 0 radical (unpaired) electrons. The van der Waals surface area contributed by atoms with Gasteiger partial charge in [0, 0.05) is 36.4 Å². The number of halogens is 1. The first-order chi connectivity index (χ1) is 15.1. The molecule has 0 aliphatic carbocycles. The minimum Gasteiger partial charge on any atom is -0.497 e. The monoisotopic (exact) mass is 445 g/mol. The number of carbonyl (C=O) groups excluding carboxylic acids is 1. The average Bonchev–Trinajstić information content (AvgIpc) is 2.97. The Morgan fingerprint density at radius 2 is 1.97 bits per heavy atom. The second-order valence-corrected chi connectivity index (χ2v) is 8.25. The molecule has 2 aliphatic heterocycles. The Morgan fingerprint density at radius 1 is 1.13 bits per heavy atom. The maximum Gasteiger partial charge on any atom is 0.322 e. The quantitative estimate of drug-likeness (QED) is 0.774. The first-order valence-electron chi connectivity index (χ1n) is 10.5. The van der Waals surface area contributed by atoms with Crippen molar-refractivity contribution in [1.29, 1.82) is 0 Å². The molecule has 2 saturated heterocycles. The third kappa shape index (κ3) is 5.49. The first kappa shape index (κ1) is 21.9. The molecule has 0 saturated carbocycles. The number of hydrogen-bond donors (Lipinski definition) is 1. The fourth-order valence-electron chi connectivity index (χ4n) is 4.03. The van der Waals surface area contributed by atoms with Crippen LogP contribution < -0.4 is 10.1 Å². The summed E-state index contributed by atoms with van der Waals surface area (Å²) in [7, 11) is 1.60. The molecule has 2 fully saturated rings. The number of amides is 2. The van der Waals surface area contributed by atoms with E-state index in [-0.39, 0.29) is 6.03 Å². The smallest absolute Gasteiger partial charge is 0.322 e. The lowest BCUT2D eigenvalue weighted by Gasteiger charge is -2.43. The molecule has 2 aromatic rings. The second kappa shape index (κ2) is 9.87. The van der Waals surface area contributed by atoms with Gasteiger partial charge in [0.05, 0.1) is 33.4 Å². The van der Waals surface area contributed by atoms with Gasteiger partial charge in [0.25, 0.3) is 0 Å². The maximum atomic E-state index is 12.9. The van der Waals surface area contributed by atoms with Crippen LogP contribution in [0, 0.1) is 0 Å². The van der Waals surface area contributed by atoms with E-state index in [0.717, 1.165) is 23.6 Å². The van der Waals surface area contributed by atoms with Gasteiger partial charge in [-0.2, -0.15) is 0 Å². The van der Waals surface area contributed by atoms with Gasteiger partial charge in [-0.15, -0.1) is 0 Å². The highest BCUT2D eigenvalue weighted by atomic mass is 35.5. The minimum atomic E-state index is -0.846. The highest BCUT2D eigenvalue weighted by Crippen LogP contribution is 2.27. The van der Waals surface area contributed by atoms with E-state index in [1.807, 2.05) is 42.5 Å². The van der Waals surface area contributed by atoms with Crippen LogP contribution in [0.2, 0.25) is 5.02 Å². The van der Waals surface area contributed by atoms with Crippen LogP contribution >= 0.6 is 11.6 Å². The molecule has 1 spiro atoms. The number of methoxy groups -OCH3 is 1. The SMILES string of the molecule is COc1cccc(NC(=O)N2CCOC3(CN(Cc4ccccc4Cl)CCCO3)C2)c1. The Balaban J connectivity index is 1.43. The van der Waals surface area contributed by atoms with Crippen molar-refractivity contribution in [3.05, 3.63) is 59.1 Å². The molecule has 2 heterocycles. The molecule has 2 amide bonds. The zero-order valence-corrected chi connectivity index (χ0v) is 18.4. The Kier molecular flexibility index (Phi) is 6.97. The lowest BCUT2D eigenvalue weighted by molar-refractivity contribution is -0.260. The number of hydrogen-bond acceptors (Lipinski definition) is 5. The highest BCUT2D eigenvalue weighted by Gasteiger charge is 2.42. The van der Waals surface area contributed by atoms with Crippen molar-refractivity contribution in [1.82, 2.24) is 9.80 Å². The summed E-state index contributed by atoms with van der Waals surface area (Å²) in [5, 5.41) is 3.70. The van der Waals surface area contributed by atoms with Gasteiger partial charge in [-0.3, -0.25) is 4.90 Å². The summed E-state index contributed by atoms with van der Waals surface area (Å²) in [5.74, 6) is -0.152. The number of carbonyl (C=O) groups is 1. The van der Waals surface area contributed by atoms with Crippen molar-refractivity contribution in [3.63, 3.8) is 0 Å². The van der Waals surface area contributed by atoms with Crippen LogP contribution in [-0.2, 0) is 16.0 Å². The molecule has 1 atom stereocenters. The predicted molar refractivity (Wildman–Crippen MR) is 120 cm³/mol. The van der Waals surface area contributed by atoms with Crippen LogP contribution in [0.25, 0.3) is 0 Å². The van der Waals surface area contributed by atoms with Crippen molar-refractivity contribution in [2.45, 2.75) is 18.8 Å². The lowest BCUT2D eigenvalue weighted by Crippen LogP contribution is -2.59. The van der Waals surface area contributed by atoms with E-state index in [9.17, 15) is 4.79 Å². The topological polar surface area (TPSA) is 63.3 Å². The van der Waals surface area contributed by atoms with Crippen molar-refractivity contribution < 1.29 is 19.0 Å². The number of anilines is 1. The molecular formula is C23H28ClN3O4. The number of benzene rings is 2. The summed E-state index contributed by atoms with van der Waals surface area (Å²) in [6, 6.07) is 15.0. The van der Waals surface area contributed by atoms with E-state index >= 15 is 0 Å². The molecule has 0 bridgehead atoms. The van der Waals surface area contributed by atoms with Crippen LogP contribution in [0.1, 0.15) is 12.0 Å². The highest BCUT2D eigenvalue weighted by molar-refractivity contribution is 6.31. The van der Waals surface area contributed by atoms with Crippen LogP contribution in [-0.4, -0.2) is 68.1 Å². The number of morpholine rings is 1. The molecule has 8 heteroatoms. The van der Waals surface area contributed by atoms with Gasteiger partial charge in [-0.1, -0.05) is 35.9 Å². The molecule has 2 aromatic carbocycles. The van der Waals surface area contributed by atoms with E-state index in [0.29, 0.717) is 50.8 Å². The van der Waals surface area contributed by atoms with Crippen LogP contribution in [0.3, 0.4) is 0 Å². The third-order valence-electron chi connectivity index (χ3n) is 5.57. The lowest BCUT2D eigenvalue weighted by atomic mass is 10.1. The molecule has 31 heavy (non-hydrogen) atoms. The van der Waals surface area contributed by atoms with Gasteiger partial charge in [0.1, 0.15) is 5.75 Å². The number of ether oxygens (including phenoxy) is 3. The molecule has 0 aromatic heterocycles. The normalized spacial score (nSPS) is 22.2. The van der Waals surface area contributed by atoms with E-state index in [4.69, 9.17) is 25.8 Å². The van der Waals surface area contributed by atoms with Crippen molar-refractivity contribution in [3.8, 4) is 5.75 Å². The molecular weight excluding hydrogens is 418 g/mol. The fourth-order valence-corrected chi connectivity index (χ4v) is 4.23. The molecule has 166 valence electrons. The zero-order valence-electron chi connectivity index (χ0n) is 17.7. The van der Waals surface area contributed by atoms with Gasteiger partial charge >= 0.3 is 6.03 Å². The van der Waals surface area contributed by atoms with E-state index in [1.54, 1.807) is 18.1 Å². The standard InChI is InChI=1S/C23H28ClN3O4/c1-29-20-8-4-7-19(14-20)25-22(28)27-11-13-31-23(17-27)16-26(10-5-12-30-23)15-18-6-2-3-9-21(18)24/h2-4,6-9,14H,5,10-13,15-17H2,1H3,(H,25,28). The Morgan fingerprint density at radius 3 is 2.81 bits per heavy atom. The fraction of sp³-hybridized carbons (Fsp3) is 0.435. The summed E-state index contributed by atoms with van der Waals surface area (Å²) in [4.78, 5) is 17.0. The van der Waals surface area contributed by atoms with E-state index in [2.05, 4.69) is 10.2 Å². The van der Waals surface area contributed by atoms with Crippen molar-refractivity contribution in [2.75, 3.05) is 51.8 Å². The number of nitrogens with zero attached hydrogens (tertiary/aromatic N) is 2. The third-order valence-corrected chi connectivity index (χ3v) is 5.94. The summed E-state index contributed by atoms with van der Waals surface area (Å²) in [6.07, 6.45) is 0.894. The number of rotatable bonds is 4. The maximum absolute atomic E-state index is 12.9. The van der Waals surface area contributed by atoms with Gasteiger partial charge < -0.3 is 24.4 Å². The van der Waals surface area contributed by atoms with Gasteiger partial charge in [-0.25, -0.2) is 4.79 Å². The summed E-state index contributed by atoms with van der Waals surface area (Å²) < 4.78 is 17.5. The molecule has 1 N–H and O–H groups in total. The molecule has 1 unspecified atom stereocenters. The Bertz CT molecular complexity index is 912. The Hall–Kier alpha value is -2.32. The van der Waals surface area contributed by atoms with Gasteiger partial charge in [0.2, 0.25) is 0 Å². The van der Waals surface area contributed by atoms with E-state index < -0.39 is 5.79 Å². The van der Waals surface area contributed by atoms with Gasteiger partial charge in [-0.05, 0) is 30.2 Å².